The van der Waals surface area contributed by atoms with Gasteiger partial charge in [-0.2, -0.15) is 0 Å². The van der Waals surface area contributed by atoms with E-state index in [1.807, 2.05) is 32.9 Å². The minimum absolute atomic E-state index is 0.0972. The molecule has 1 atom stereocenters. The highest BCUT2D eigenvalue weighted by Gasteiger charge is 2.26. The molecule has 1 aliphatic heterocycles. The van der Waals surface area contributed by atoms with Crippen LogP contribution in [0.1, 0.15) is 26.3 Å². The van der Waals surface area contributed by atoms with Crippen LogP contribution in [0.25, 0.3) is 0 Å². The van der Waals surface area contributed by atoms with Crippen LogP contribution >= 0.6 is 0 Å². The molecule has 7 nitrogen and oxygen atoms in total. The lowest BCUT2D eigenvalue weighted by Gasteiger charge is -2.37. The third kappa shape index (κ3) is 5.26. The molecule has 0 aliphatic carbocycles. The molecule has 1 fully saturated rings. The number of carbonyl (C=O) groups is 1. The Morgan fingerprint density at radius 1 is 1.00 bits per heavy atom. The zero-order chi connectivity index (χ0) is 20.0. The number of hydrogen-bond acceptors (Lipinski definition) is 6. The number of nitrogens with one attached hydrogen (secondary N) is 1. The molecule has 1 N–H and O–H groups in total. The second kappa shape index (κ2) is 9.80. The van der Waals surface area contributed by atoms with E-state index in [0.717, 1.165) is 38.3 Å². The van der Waals surface area contributed by atoms with Crippen molar-refractivity contribution >= 4 is 5.91 Å². The molecule has 0 aromatic heterocycles. The third-order valence-electron chi connectivity index (χ3n) is 4.94. The molecule has 0 saturated carbocycles. The number of carbonyl (C=O) groups excluding carboxylic acids is 1. The fourth-order valence-electron chi connectivity index (χ4n) is 3.41. The summed E-state index contributed by atoms with van der Waals surface area (Å²) in [7, 11) is 4.88. The van der Waals surface area contributed by atoms with Crippen LogP contribution in [0, 0.1) is 0 Å². The van der Waals surface area contributed by atoms with Crippen LogP contribution < -0.4 is 19.5 Å². The van der Waals surface area contributed by atoms with Crippen molar-refractivity contribution in [2.24, 2.45) is 0 Å². The maximum atomic E-state index is 12.2. The Hall–Kier alpha value is -1.99. The van der Waals surface area contributed by atoms with Crippen molar-refractivity contribution in [3.05, 3.63) is 17.7 Å². The van der Waals surface area contributed by atoms with Crippen LogP contribution in [-0.2, 0) is 11.3 Å². The summed E-state index contributed by atoms with van der Waals surface area (Å²) in [5.74, 6) is 2.09. The summed E-state index contributed by atoms with van der Waals surface area (Å²) in [5.41, 5.74) is 1.06. The lowest BCUT2D eigenvalue weighted by atomic mass is 10.1. The van der Waals surface area contributed by atoms with Gasteiger partial charge in [0, 0.05) is 44.3 Å². The van der Waals surface area contributed by atoms with E-state index in [2.05, 4.69) is 15.1 Å². The summed E-state index contributed by atoms with van der Waals surface area (Å²) >= 11 is 0. The first-order valence-corrected chi connectivity index (χ1v) is 9.45. The van der Waals surface area contributed by atoms with Gasteiger partial charge in [-0.05, 0) is 26.8 Å². The quantitative estimate of drug-likeness (QED) is 0.742. The maximum Gasteiger partial charge on any atom is 0.237 e. The van der Waals surface area contributed by atoms with Gasteiger partial charge in [-0.15, -0.1) is 0 Å². The summed E-state index contributed by atoms with van der Waals surface area (Å²) in [6.45, 7) is 10.2. The summed E-state index contributed by atoms with van der Waals surface area (Å²) in [5, 5.41) is 2.99. The molecule has 0 spiro atoms. The van der Waals surface area contributed by atoms with E-state index in [1.54, 1.807) is 21.3 Å². The monoisotopic (exact) mass is 379 g/mol. The van der Waals surface area contributed by atoms with Crippen molar-refractivity contribution in [3.8, 4) is 17.2 Å². The van der Waals surface area contributed by atoms with E-state index in [4.69, 9.17) is 14.2 Å². The lowest BCUT2D eigenvalue weighted by molar-refractivity contribution is -0.127. The van der Waals surface area contributed by atoms with Gasteiger partial charge in [-0.3, -0.25) is 14.6 Å². The highest BCUT2D eigenvalue weighted by molar-refractivity contribution is 5.81. The number of nitrogens with zero attached hydrogens (tertiary/aromatic N) is 2. The highest BCUT2D eigenvalue weighted by Crippen LogP contribution is 2.40. The molecule has 1 saturated heterocycles. The summed E-state index contributed by atoms with van der Waals surface area (Å²) in [6.07, 6.45) is 0. The summed E-state index contributed by atoms with van der Waals surface area (Å²) < 4.78 is 16.4. The van der Waals surface area contributed by atoms with E-state index in [1.165, 1.54) is 0 Å². The van der Waals surface area contributed by atoms with Crippen molar-refractivity contribution in [1.82, 2.24) is 15.1 Å². The molecule has 0 unspecified atom stereocenters. The first-order valence-electron chi connectivity index (χ1n) is 9.45. The van der Waals surface area contributed by atoms with Gasteiger partial charge in [0.05, 0.1) is 27.4 Å². The minimum atomic E-state index is -0.106. The average molecular weight is 380 g/mol. The third-order valence-corrected chi connectivity index (χ3v) is 4.94. The molecule has 2 rings (SSSR count). The van der Waals surface area contributed by atoms with Crippen molar-refractivity contribution in [1.29, 1.82) is 0 Å². The second-order valence-corrected chi connectivity index (χ2v) is 7.14. The molecule has 1 aromatic carbocycles. The standard InChI is InChI=1S/C20H33N3O4/c1-14(2)21-20(24)15(3)23-11-9-22(10-12-23)13-16-7-8-17(25-4)19(27-6)18(16)26-5/h7-8,14-15H,9-13H2,1-6H3,(H,21,24)/t15-/m0/s1. The zero-order valence-electron chi connectivity index (χ0n) is 17.4. The summed E-state index contributed by atoms with van der Waals surface area (Å²) in [4.78, 5) is 16.8. The topological polar surface area (TPSA) is 63.3 Å². The number of hydrogen-bond donors (Lipinski definition) is 1. The van der Waals surface area contributed by atoms with Gasteiger partial charge in [0.1, 0.15) is 0 Å². The Morgan fingerprint density at radius 3 is 2.15 bits per heavy atom. The number of piperazine rings is 1. The Labute approximate surface area is 162 Å². The largest absolute Gasteiger partial charge is 0.493 e. The summed E-state index contributed by atoms with van der Waals surface area (Å²) in [6, 6.07) is 3.99. The number of methoxy groups -OCH3 is 3. The van der Waals surface area contributed by atoms with Crippen LogP contribution in [0.5, 0.6) is 17.2 Å². The number of rotatable bonds is 8. The maximum absolute atomic E-state index is 12.2. The first-order chi connectivity index (χ1) is 12.9. The Bertz CT molecular complexity index is 628. The van der Waals surface area contributed by atoms with Crippen LogP contribution in [0.3, 0.4) is 0 Å². The fourth-order valence-corrected chi connectivity index (χ4v) is 3.41. The van der Waals surface area contributed by atoms with Gasteiger partial charge in [0.25, 0.3) is 0 Å². The smallest absolute Gasteiger partial charge is 0.237 e. The molecule has 0 radical (unpaired) electrons. The van der Waals surface area contributed by atoms with Crippen molar-refractivity contribution in [2.75, 3.05) is 47.5 Å². The van der Waals surface area contributed by atoms with E-state index in [9.17, 15) is 4.79 Å². The number of amides is 1. The van der Waals surface area contributed by atoms with Gasteiger partial charge in [-0.1, -0.05) is 6.07 Å². The van der Waals surface area contributed by atoms with Crippen molar-refractivity contribution < 1.29 is 19.0 Å². The van der Waals surface area contributed by atoms with Crippen molar-refractivity contribution in [3.63, 3.8) is 0 Å². The molecule has 1 aliphatic rings. The van der Waals surface area contributed by atoms with Gasteiger partial charge < -0.3 is 19.5 Å². The second-order valence-electron chi connectivity index (χ2n) is 7.14. The number of benzene rings is 1. The molecule has 0 bridgehead atoms. The number of ether oxygens (including phenoxy) is 3. The van der Waals surface area contributed by atoms with Gasteiger partial charge >= 0.3 is 0 Å². The van der Waals surface area contributed by atoms with Gasteiger partial charge in [0.2, 0.25) is 11.7 Å². The highest BCUT2D eigenvalue weighted by atomic mass is 16.5. The molecule has 7 heteroatoms. The van der Waals surface area contributed by atoms with E-state index >= 15 is 0 Å². The van der Waals surface area contributed by atoms with E-state index in [-0.39, 0.29) is 18.0 Å². The molecular weight excluding hydrogens is 346 g/mol. The average Bonchev–Trinajstić information content (AvgIpc) is 2.66. The molecule has 1 heterocycles. The molecule has 27 heavy (non-hydrogen) atoms. The first kappa shape index (κ1) is 21.3. The minimum Gasteiger partial charge on any atom is -0.493 e. The van der Waals surface area contributed by atoms with Gasteiger partial charge in [0.15, 0.2) is 11.5 Å². The van der Waals surface area contributed by atoms with Crippen LogP contribution in [0.2, 0.25) is 0 Å². The van der Waals surface area contributed by atoms with E-state index in [0.29, 0.717) is 17.2 Å². The van der Waals surface area contributed by atoms with Crippen LogP contribution in [0.4, 0.5) is 0 Å². The van der Waals surface area contributed by atoms with Gasteiger partial charge in [-0.25, -0.2) is 0 Å². The SMILES string of the molecule is COc1ccc(CN2CCN([C@@H](C)C(=O)NC(C)C)CC2)c(OC)c1OC. The fraction of sp³-hybridized carbons (Fsp3) is 0.650. The molecule has 1 amide bonds. The lowest BCUT2D eigenvalue weighted by Crippen LogP contribution is -2.54. The predicted molar refractivity (Wildman–Crippen MR) is 106 cm³/mol. The van der Waals surface area contributed by atoms with Crippen LogP contribution in [-0.4, -0.2) is 75.3 Å². The van der Waals surface area contributed by atoms with Crippen LogP contribution in [0.15, 0.2) is 12.1 Å². The molecular formula is C20H33N3O4. The van der Waals surface area contributed by atoms with E-state index < -0.39 is 0 Å². The molecule has 152 valence electrons. The zero-order valence-corrected chi connectivity index (χ0v) is 17.4. The molecule has 1 aromatic rings. The Balaban J connectivity index is 1.99. The van der Waals surface area contributed by atoms with Crippen molar-refractivity contribution in [2.45, 2.75) is 39.4 Å². The Kier molecular flexibility index (Phi) is 7.74. The Morgan fingerprint density at radius 2 is 1.63 bits per heavy atom. The predicted octanol–water partition coefficient (Wildman–Crippen LogP) is 1.74. The normalized spacial score (nSPS) is 16.9.